The number of carboxylic acid groups (broad SMARTS) is 2. The number of carboxylic acids is 2. The summed E-state index contributed by atoms with van der Waals surface area (Å²) in [7, 11) is 0. The van der Waals surface area contributed by atoms with E-state index in [1.807, 2.05) is 25.1 Å². The number of pyridine rings is 1. The summed E-state index contributed by atoms with van der Waals surface area (Å²) in [4.78, 5) is 23.7. The molecule has 1 aromatic carbocycles. The fraction of sp³-hybridized carbons (Fsp3) is 0.400. The van der Waals surface area contributed by atoms with Crippen molar-refractivity contribution in [3.05, 3.63) is 59.3 Å². The first-order valence-electron chi connectivity index (χ1n) is 11.2. The predicted molar refractivity (Wildman–Crippen MR) is 123 cm³/mol. The molecule has 8 heteroatoms. The fourth-order valence-corrected chi connectivity index (χ4v) is 3.84. The third-order valence-electron chi connectivity index (χ3n) is 5.49. The van der Waals surface area contributed by atoms with Crippen molar-refractivity contribution in [2.45, 2.75) is 39.0 Å². The van der Waals surface area contributed by atoms with E-state index in [4.69, 9.17) is 19.7 Å². The Kier molecular flexibility index (Phi) is 8.83. The first-order valence-corrected chi connectivity index (χ1v) is 11.2. The zero-order valence-electron chi connectivity index (χ0n) is 18.8. The smallest absolute Gasteiger partial charge is 0.328 e. The molecule has 0 bridgehead atoms. The summed E-state index contributed by atoms with van der Waals surface area (Å²) >= 11 is 0. The second-order valence-corrected chi connectivity index (χ2v) is 8.18. The summed E-state index contributed by atoms with van der Waals surface area (Å²) in [5.74, 6) is 0.198. The van der Waals surface area contributed by atoms with Crippen LogP contribution in [0.3, 0.4) is 0 Å². The van der Waals surface area contributed by atoms with Crippen molar-refractivity contribution in [2.75, 3.05) is 19.7 Å². The number of hydrogen-bond acceptors (Lipinski definition) is 6. The molecule has 1 atom stereocenters. The molecule has 1 aliphatic carbocycles. The van der Waals surface area contributed by atoms with Crippen LogP contribution in [0.25, 0.3) is 0 Å². The van der Waals surface area contributed by atoms with Gasteiger partial charge in [0.25, 0.3) is 5.88 Å². The lowest BCUT2D eigenvalue weighted by molar-refractivity contribution is -0.134. The molecule has 0 saturated carbocycles. The minimum Gasteiger partial charge on any atom is -0.488 e. The highest BCUT2D eigenvalue weighted by Gasteiger charge is 2.17. The number of rotatable bonds is 7. The summed E-state index contributed by atoms with van der Waals surface area (Å²) in [5, 5.41) is 19.1. The largest absolute Gasteiger partial charge is 0.488 e. The average molecular weight is 455 g/mol. The van der Waals surface area contributed by atoms with Crippen molar-refractivity contribution in [1.82, 2.24) is 10.3 Å². The molecular weight excluding hydrogens is 424 g/mol. The minimum atomic E-state index is -1.26. The number of piperidine rings is 1. The summed E-state index contributed by atoms with van der Waals surface area (Å²) in [5.41, 5.74) is 3.79. The topological polar surface area (TPSA) is 118 Å². The van der Waals surface area contributed by atoms with Crippen LogP contribution in [-0.2, 0) is 22.4 Å². The second kappa shape index (κ2) is 12.0. The van der Waals surface area contributed by atoms with Gasteiger partial charge in [0.1, 0.15) is 5.75 Å². The molecule has 33 heavy (non-hydrogen) atoms. The van der Waals surface area contributed by atoms with Crippen LogP contribution >= 0.6 is 0 Å². The first kappa shape index (κ1) is 24.3. The van der Waals surface area contributed by atoms with Crippen molar-refractivity contribution in [1.29, 1.82) is 0 Å². The predicted octanol–water partition coefficient (Wildman–Crippen LogP) is 3.76. The molecule has 1 fully saturated rings. The molecule has 0 radical (unpaired) electrons. The van der Waals surface area contributed by atoms with Gasteiger partial charge < -0.3 is 25.0 Å². The average Bonchev–Trinajstić information content (AvgIpc) is 3.26. The molecule has 1 aromatic heterocycles. The highest BCUT2D eigenvalue weighted by Crippen LogP contribution is 2.33. The van der Waals surface area contributed by atoms with E-state index in [0.29, 0.717) is 30.6 Å². The summed E-state index contributed by atoms with van der Waals surface area (Å²) in [6, 6.07) is 10.3. The fourth-order valence-electron chi connectivity index (χ4n) is 3.84. The quantitative estimate of drug-likeness (QED) is 0.541. The molecule has 176 valence electrons. The maximum Gasteiger partial charge on any atom is 0.328 e. The number of aliphatic carboxylic acids is 2. The summed E-state index contributed by atoms with van der Waals surface area (Å²) in [6.07, 6.45) is 7.12. The lowest BCUT2D eigenvalue weighted by Gasteiger charge is -2.23. The molecule has 3 N–H and O–H groups in total. The minimum absolute atomic E-state index is 0.558. The number of ether oxygens (including phenoxy) is 2. The van der Waals surface area contributed by atoms with E-state index in [1.54, 1.807) is 0 Å². The molecule has 1 aliphatic heterocycles. The third-order valence-corrected chi connectivity index (χ3v) is 5.49. The maximum absolute atomic E-state index is 9.55. The number of hydrogen-bond donors (Lipinski definition) is 3. The van der Waals surface area contributed by atoms with E-state index in [2.05, 4.69) is 22.4 Å². The van der Waals surface area contributed by atoms with Crippen LogP contribution in [0, 0.1) is 12.8 Å². The van der Waals surface area contributed by atoms with Crippen LogP contribution in [-0.4, -0.2) is 46.8 Å². The zero-order valence-corrected chi connectivity index (χ0v) is 18.8. The molecule has 8 nitrogen and oxygen atoms in total. The molecule has 4 rings (SSSR count). The number of aryl methyl sites for hydroxylation is 3. The van der Waals surface area contributed by atoms with Crippen molar-refractivity contribution >= 4 is 11.9 Å². The SMILES string of the molecule is Cc1ccc(OC[C@H]2CCCNC2)c(Oc2ccc3c(c2)CCC3)n1.O=C(O)/C=C/C(=O)O. The standard InChI is InChI=1S/C21H26N2O2.C4H4O4/c1-15-7-10-20(24-14-16-4-3-11-22-13-16)21(23-15)25-19-9-8-17-5-2-6-18(17)12-19;5-3(6)1-2-4(7)8/h7-10,12,16,22H,2-6,11,13-14H2,1H3;1-2H,(H,5,6)(H,7,8)/b;2-1+/t16-;/m0./s1. The van der Waals surface area contributed by atoms with E-state index in [1.165, 1.54) is 36.8 Å². The molecule has 1 saturated heterocycles. The van der Waals surface area contributed by atoms with Crippen LogP contribution in [0.1, 0.15) is 36.1 Å². The van der Waals surface area contributed by atoms with E-state index in [9.17, 15) is 9.59 Å². The number of nitrogens with zero attached hydrogens (tertiary/aromatic N) is 1. The number of fused-ring (bicyclic) bond motifs is 1. The molecule has 2 aliphatic rings. The van der Waals surface area contributed by atoms with Crippen LogP contribution in [0.15, 0.2) is 42.5 Å². The van der Waals surface area contributed by atoms with E-state index >= 15 is 0 Å². The Labute approximate surface area is 193 Å². The molecule has 2 heterocycles. The van der Waals surface area contributed by atoms with Gasteiger partial charge in [0.15, 0.2) is 5.75 Å². The molecular formula is C25H30N2O6. The van der Waals surface area contributed by atoms with Crippen LogP contribution in [0.5, 0.6) is 17.4 Å². The normalized spacial score (nSPS) is 17.1. The Hall–Kier alpha value is -3.39. The maximum atomic E-state index is 9.55. The number of nitrogens with one attached hydrogen (secondary N) is 1. The zero-order chi connectivity index (χ0) is 23.6. The van der Waals surface area contributed by atoms with Gasteiger partial charge in [-0.1, -0.05) is 6.07 Å². The third kappa shape index (κ3) is 7.91. The Morgan fingerprint density at radius 1 is 1.09 bits per heavy atom. The Morgan fingerprint density at radius 3 is 2.55 bits per heavy atom. The van der Waals surface area contributed by atoms with E-state index in [-0.39, 0.29) is 0 Å². The Bertz CT molecular complexity index is 982. The molecule has 0 unspecified atom stereocenters. The van der Waals surface area contributed by atoms with E-state index in [0.717, 1.165) is 36.7 Å². The van der Waals surface area contributed by atoms with Crippen LogP contribution in [0.2, 0.25) is 0 Å². The lowest BCUT2D eigenvalue weighted by atomic mass is 10.0. The first-order chi connectivity index (χ1) is 15.9. The number of aromatic nitrogens is 1. The summed E-state index contributed by atoms with van der Waals surface area (Å²) < 4.78 is 12.2. The van der Waals surface area contributed by atoms with Gasteiger partial charge in [-0.15, -0.1) is 0 Å². The monoisotopic (exact) mass is 454 g/mol. The van der Waals surface area contributed by atoms with Gasteiger partial charge in [-0.3, -0.25) is 0 Å². The highest BCUT2D eigenvalue weighted by molar-refractivity contribution is 5.89. The van der Waals surface area contributed by atoms with E-state index < -0.39 is 11.9 Å². The Morgan fingerprint density at radius 2 is 1.85 bits per heavy atom. The summed E-state index contributed by atoms with van der Waals surface area (Å²) in [6.45, 7) is 4.83. The molecule has 0 amide bonds. The van der Waals surface area contributed by atoms with Gasteiger partial charge in [0, 0.05) is 30.3 Å². The lowest BCUT2D eigenvalue weighted by Crippen LogP contribution is -2.33. The molecule has 2 aromatic rings. The second-order valence-electron chi connectivity index (χ2n) is 8.18. The van der Waals surface area contributed by atoms with Gasteiger partial charge in [0.05, 0.1) is 6.61 Å². The van der Waals surface area contributed by atoms with Gasteiger partial charge in [-0.05, 0) is 81.0 Å². The van der Waals surface area contributed by atoms with Gasteiger partial charge in [-0.2, -0.15) is 0 Å². The Balaban J connectivity index is 0.000000331. The number of carbonyl (C=O) groups is 2. The van der Waals surface area contributed by atoms with Crippen LogP contribution < -0.4 is 14.8 Å². The van der Waals surface area contributed by atoms with Crippen molar-refractivity contribution in [2.24, 2.45) is 5.92 Å². The van der Waals surface area contributed by atoms with Crippen molar-refractivity contribution < 1.29 is 29.3 Å². The van der Waals surface area contributed by atoms with Gasteiger partial charge in [0.2, 0.25) is 0 Å². The van der Waals surface area contributed by atoms with Crippen molar-refractivity contribution in [3.63, 3.8) is 0 Å². The van der Waals surface area contributed by atoms with Gasteiger partial charge >= 0.3 is 11.9 Å². The van der Waals surface area contributed by atoms with Crippen molar-refractivity contribution in [3.8, 4) is 17.4 Å². The van der Waals surface area contributed by atoms with Gasteiger partial charge in [-0.25, -0.2) is 14.6 Å². The van der Waals surface area contributed by atoms with Crippen LogP contribution in [0.4, 0.5) is 0 Å². The molecule has 0 spiro atoms. The number of benzene rings is 1. The highest BCUT2D eigenvalue weighted by atomic mass is 16.5.